The smallest absolute Gasteiger partial charge is 0.0717 e. The molecule has 2 nitrogen and oxygen atoms in total. The summed E-state index contributed by atoms with van der Waals surface area (Å²) in [5, 5.41) is 3.57. The topological polar surface area (TPSA) is 21.3 Å². The second-order valence-corrected chi connectivity index (χ2v) is 5.60. The van der Waals surface area contributed by atoms with Gasteiger partial charge in [-0.25, -0.2) is 0 Å². The van der Waals surface area contributed by atoms with Gasteiger partial charge >= 0.3 is 0 Å². The van der Waals surface area contributed by atoms with Crippen LogP contribution in [-0.4, -0.2) is 30.7 Å². The van der Waals surface area contributed by atoms with Crippen molar-refractivity contribution in [1.29, 1.82) is 0 Å². The summed E-state index contributed by atoms with van der Waals surface area (Å²) >= 11 is 2.07. The van der Waals surface area contributed by atoms with E-state index in [0.29, 0.717) is 0 Å². The molecule has 0 spiro atoms. The molecule has 0 bridgehead atoms. The molecule has 1 fully saturated rings. The van der Waals surface area contributed by atoms with Gasteiger partial charge in [-0.1, -0.05) is 30.3 Å². The largest absolute Gasteiger partial charge is 0.375 e. The summed E-state index contributed by atoms with van der Waals surface area (Å²) < 4.78 is 5.64. The van der Waals surface area contributed by atoms with Gasteiger partial charge in [0.1, 0.15) is 0 Å². The summed E-state index contributed by atoms with van der Waals surface area (Å²) in [6, 6.07) is 11.1. The van der Waals surface area contributed by atoms with E-state index in [-0.39, 0.29) is 0 Å². The van der Waals surface area contributed by atoms with Crippen LogP contribution in [0.15, 0.2) is 30.3 Å². The van der Waals surface area contributed by atoms with Crippen LogP contribution in [0.3, 0.4) is 0 Å². The number of thioether (sulfide) groups is 1. The van der Waals surface area contributed by atoms with Gasteiger partial charge in [0, 0.05) is 12.6 Å². The summed E-state index contributed by atoms with van der Waals surface area (Å²) in [5.41, 5.74) is 1.25. The maximum Gasteiger partial charge on any atom is 0.0717 e. The van der Waals surface area contributed by atoms with Crippen molar-refractivity contribution in [3.05, 3.63) is 35.9 Å². The van der Waals surface area contributed by atoms with Gasteiger partial charge in [-0.05, 0) is 29.9 Å². The van der Waals surface area contributed by atoms with Gasteiger partial charge in [0.2, 0.25) is 0 Å². The lowest BCUT2D eigenvalue weighted by molar-refractivity contribution is 0.120. The minimum atomic E-state index is 0.719. The second-order valence-electron chi connectivity index (χ2n) is 4.38. The zero-order valence-electron chi connectivity index (χ0n) is 10.2. The molecule has 0 amide bonds. The minimum absolute atomic E-state index is 0.719. The third-order valence-corrected chi connectivity index (χ3v) is 4.06. The van der Waals surface area contributed by atoms with Crippen LogP contribution >= 0.6 is 11.8 Å². The van der Waals surface area contributed by atoms with E-state index in [0.717, 1.165) is 25.8 Å². The number of nitrogens with one attached hydrogen (secondary N) is 1. The maximum atomic E-state index is 5.64. The molecule has 1 aromatic carbocycles. The van der Waals surface area contributed by atoms with Crippen LogP contribution in [0.2, 0.25) is 0 Å². The van der Waals surface area contributed by atoms with Crippen molar-refractivity contribution >= 4 is 11.8 Å². The van der Waals surface area contributed by atoms with E-state index in [9.17, 15) is 0 Å². The van der Waals surface area contributed by atoms with E-state index in [1.807, 2.05) is 6.07 Å². The molecule has 1 heterocycles. The molecule has 0 atom stereocenters. The van der Waals surface area contributed by atoms with Crippen LogP contribution in [0.25, 0.3) is 0 Å². The van der Waals surface area contributed by atoms with Crippen LogP contribution < -0.4 is 5.32 Å². The van der Waals surface area contributed by atoms with Crippen molar-refractivity contribution in [3.8, 4) is 0 Å². The molecule has 0 aliphatic carbocycles. The number of hydrogen-bond donors (Lipinski definition) is 1. The van der Waals surface area contributed by atoms with E-state index in [4.69, 9.17) is 4.74 Å². The van der Waals surface area contributed by atoms with Crippen molar-refractivity contribution in [2.24, 2.45) is 0 Å². The highest BCUT2D eigenvalue weighted by Gasteiger charge is 2.11. The van der Waals surface area contributed by atoms with Gasteiger partial charge in [-0.3, -0.25) is 0 Å². The Morgan fingerprint density at radius 2 is 1.94 bits per heavy atom. The highest BCUT2D eigenvalue weighted by atomic mass is 32.2. The monoisotopic (exact) mass is 251 g/mol. The third kappa shape index (κ3) is 5.11. The fourth-order valence-electron chi connectivity index (χ4n) is 2.00. The van der Waals surface area contributed by atoms with Crippen LogP contribution in [0.5, 0.6) is 0 Å². The van der Waals surface area contributed by atoms with E-state index < -0.39 is 0 Å². The van der Waals surface area contributed by atoms with Crippen molar-refractivity contribution in [3.63, 3.8) is 0 Å². The Kier molecular flexibility index (Phi) is 5.89. The van der Waals surface area contributed by atoms with Crippen molar-refractivity contribution in [2.45, 2.75) is 25.5 Å². The summed E-state index contributed by atoms with van der Waals surface area (Å²) in [6.07, 6.45) is 2.62. The third-order valence-electron chi connectivity index (χ3n) is 3.01. The van der Waals surface area contributed by atoms with Gasteiger partial charge < -0.3 is 10.1 Å². The Morgan fingerprint density at radius 3 is 2.71 bits per heavy atom. The Morgan fingerprint density at radius 1 is 1.18 bits per heavy atom. The first-order chi connectivity index (χ1) is 8.45. The zero-order chi connectivity index (χ0) is 11.8. The molecule has 0 radical (unpaired) electrons. The lowest BCUT2D eigenvalue weighted by atomic mass is 10.1. The number of ether oxygens (including phenoxy) is 1. The fourth-order valence-corrected chi connectivity index (χ4v) is 3.11. The molecule has 1 aliphatic rings. The quantitative estimate of drug-likeness (QED) is 0.786. The minimum Gasteiger partial charge on any atom is -0.375 e. The standard InChI is InChI=1S/C14H21NOS/c1-2-4-13(5-3-1)12-16-9-8-15-14-6-10-17-11-7-14/h1-5,14-15H,6-12H2. The van der Waals surface area contributed by atoms with Crippen LogP contribution in [0.4, 0.5) is 0 Å². The van der Waals surface area contributed by atoms with E-state index >= 15 is 0 Å². The molecule has 2 rings (SSSR count). The predicted octanol–water partition coefficient (Wildman–Crippen LogP) is 2.69. The normalized spacial score (nSPS) is 17.2. The molecule has 0 aromatic heterocycles. The Balaban J connectivity index is 1.51. The lowest BCUT2D eigenvalue weighted by Gasteiger charge is -2.22. The van der Waals surface area contributed by atoms with Crippen LogP contribution in [0.1, 0.15) is 18.4 Å². The summed E-state index contributed by atoms with van der Waals surface area (Å²) in [6.45, 7) is 2.50. The Labute approximate surface area is 108 Å². The molecular formula is C14H21NOS. The van der Waals surface area contributed by atoms with Gasteiger partial charge in [0.25, 0.3) is 0 Å². The SMILES string of the molecule is c1ccc(COCCNC2CCSCC2)cc1. The number of hydrogen-bond acceptors (Lipinski definition) is 3. The first-order valence-corrected chi connectivity index (χ1v) is 7.53. The summed E-state index contributed by atoms with van der Waals surface area (Å²) in [4.78, 5) is 0. The first kappa shape index (κ1) is 12.9. The van der Waals surface area contributed by atoms with Gasteiger partial charge in [0.15, 0.2) is 0 Å². The van der Waals surface area contributed by atoms with Crippen LogP contribution in [0, 0.1) is 0 Å². The number of rotatable bonds is 6. The molecule has 0 unspecified atom stereocenters. The first-order valence-electron chi connectivity index (χ1n) is 6.38. The molecule has 1 saturated heterocycles. The predicted molar refractivity (Wildman–Crippen MR) is 74.4 cm³/mol. The molecule has 3 heteroatoms. The Hall–Kier alpha value is -0.510. The van der Waals surface area contributed by atoms with Crippen LogP contribution in [-0.2, 0) is 11.3 Å². The second kappa shape index (κ2) is 7.75. The van der Waals surface area contributed by atoms with E-state index in [2.05, 4.69) is 41.3 Å². The van der Waals surface area contributed by atoms with Crippen molar-refractivity contribution in [1.82, 2.24) is 5.32 Å². The maximum absolute atomic E-state index is 5.64. The molecule has 1 aliphatic heterocycles. The highest BCUT2D eigenvalue weighted by molar-refractivity contribution is 7.99. The van der Waals surface area contributed by atoms with Crippen molar-refractivity contribution < 1.29 is 4.74 Å². The lowest BCUT2D eigenvalue weighted by Crippen LogP contribution is -2.34. The summed E-state index contributed by atoms with van der Waals surface area (Å²) in [7, 11) is 0. The van der Waals surface area contributed by atoms with E-state index in [1.54, 1.807) is 0 Å². The fraction of sp³-hybridized carbons (Fsp3) is 0.571. The molecular weight excluding hydrogens is 230 g/mol. The molecule has 17 heavy (non-hydrogen) atoms. The van der Waals surface area contributed by atoms with Crippen molar-refractivity contribution in [2.75, 3.05) is 24.7 Å². The average molecular weight is 251 g/mol. The molecule has 1 aromatic rings. The van der Waals surface area contributed by atoms with E-state index in [1.165, 1.54) is 29.9 Å². The van der Waals surface area contributed by atoms with Gasteiger partial charge in [-0.2, -0.15) is 11.8 Å². The summed E-state index contributed by atoms with van der Waals surface area (Å²) in [5.74, 6) is 2.62. The Bertz CT molecular complexity index is 298. The van der Waals surface area contributed by atoms with Gasteiger partial charge in [-0.15, -0.1) is 0 Å². The molecule has 0 saturated carbocycles. The zero-order valence-corrected chi connectivity index (χ0v) is 11.0. The number of benzene rings is 1. The van der Waals surface area contributed by atoms with Gasteiger partial charge in [0.05, 0.1) is 13.2 Å². The molecule has 94 valence electrons. The molecule has 1 N–H and O–H groups in total. The highest BCUT2D eigenvalue weighted by Crippen LogP contribution is 2.16. The average Bonchev–Trinajstić information content (AvgIpc) is 2.41.